The van der Waals surface area contributed by atoms with E-state index in [-0.39, 0.29) is 0 Å². The highest BCUT2D eigenvalue weighted by Gasteiger charge is 2.20. The van der Waals surface area contributed by atoms with Crippen molar-refractivity contribution in [2.75, 3.05) is 27.9 Å². The molecule has 0 aromatic heterocycles. The summed E-state index contributed by atoms with van der Waals surface area (Å²) in [6.45, 7) is 0.989. The van der Waals surface area contributed by atoms with Crippen molar-refractivity contribution in [1.82, 2.24) is 5.32 Å². The summed E-state index contributed by atoms with van der Waals surface area (Å²) in [6.07, 6.45) is 3.59. The number of benzene rings is 1. The third-order valence-electron chi connectivity index (χ3n) is 3.15. The van der Waals surface area contributed by atoms with Gasteiger partial charge in [-0.1, -0.05) is 0 Å². The largest absolute Gasteiger partial charge is 0.493 e. The molecule has 0 saturated heterocycles. The second kappa shape index (κ2) is 5.96. The van der Waals surface area contributed by atoms with Gasteiger partial charge in [-0.3, -0.25) is 0 Å². The Hall–Kier alpha value is -1.42. The Labute approximate surface area is 108 Å². The molecule has 18 heavy (non-hydrogen) atoms. The number of hydrogen-bond acceptors (Lipinski definition) is 4. The molecule has 1 aliphatic rings. The Balaban J connectivity index is 2.08. The third kappa shape index (κ3) is 3.07. The Morgan fingerprint density at radius 1 is 1.06 bits per heavy atom. The summed E-state index contributed by atoms with van der Waals surface area (Å²) in [5, 5.41) is 3.50. The molecule has 1 aromatic carbocycles. The molecule has 0 heterocycles. The zero-order chi connectivity index (χ0) is 13.0. The Bertz CT molecular complexity index is 377. The molecule has 0 bridgehead atoms. The minimum Gasteiger partial charge on any atom is -0.493 e. The first-order chi connectivity index (χ1) is 8.78. The maximum atomic E-state index is 5.33. The zero-order valence-electron chi connectivity index (χ0n) is 11.3. The van der Waals surface area contributed by atoms with Gasteiger partial charge in [-0.25, -0.2) is 0 Å². The van der Waals surface area contributed by atoms with Crippen LogP contribution in [0.2, 0.25) is 0 Å². The molecule has 1 fully saturated rings. The molecule has 0 radical (unpaired) electrons. The maximum absolute atomic E-state index is 5.33. The Kier molecular flexibility index (Phi) is 4.31. The Morgan fingerprint density at radius 3 is 2.11 bits per heavy atom. The SMILES string of the molecule is COc1cc(CCNC2CC2)cc(OC)c1OC. The fourth-order valence-electron chi connectivity index (χ4n) is 1.99. The fraction of sp³-hybridized carbons (Fsp3) is 0.571. The van der Waals surface area contributed by atoms with Crippen LogP contribution in [0.4, 0.5) is 0 Å². The van der Waals surface area contributed by atoms with Crippen LogP contribution < -0.4 is 19.5 Å². The molecule has 4 heteroatoms. The van der Waals surface area contributed by atoms with Crippen molar-refractivity contribution in [3.8, 4) is 17.2 Å². The van der Waals surface area contributed by atoms with E-state index in [1.807, 2.05) is 12.1 Å². The van der Waals surface area contributed by atoms with Gasteiger partial charge in [0, 0.05) is 6.04 Å². The van der Waals surface area contributed by atoms with E-state index in [2.05, 4.69) is 5.32 Å². The summed E-state index contributed by atoms with van der Waals surface area (Å²) in [4.78, 5) is 0. The van der Waals surface area contributed by atoms with Crippen molar-refractivity contribution in [1.29, 1.82) is 0 Å². The molecular formula is C14H21NO3. The second-order valence-corrected chi connectivity index (χ2v) is 4.51. The van der Waals surface area contributed by atoms with Crippen LogP contribution in [0.5, 0.6) is 17.2 Å². The number of nitrogens with one attached hydrogen (secondary N) is 1. The van der Waals surface area contributed by atoms with Crippen LogP contribution in [0, 0.1) is 0 Å². The van der Waals surface area contributed by atoms with E-state index in [0.29, 0.717) is 5.75 Å². The van der Waals surface area contributed by atoms with Gasteiger partial charge < -0.3 is 19.5 Å². The summed E-state index contributed by atoms with van der Waals surface area (Å²) >= 11 is 0. The summed E-state index contributed by atoms with van der Waals surface area (Å²) in [5.41, 5.74) is 1.19. The summed E-state index contributed by atoms with van der Waals surface area (Å²) in [6, 6.07) is 4.76. The quantitative estimate of drug-likeness (QED) is 0.804. The highest BCUT2D eigenvalue weighted by molar-refractivity contribution is 5.53. The van der Waals surface area contributed by atoms with Crippen LogP contribution in [0.1, 0.15) is 18.4 Å². The van der Waals surface area contributed by atoms with Gasteiger partial charge in [-0.15, -0.1) is 0 Å². The van der Waals surface area contributed by atoms with Crippen LogP contribution in [0.25, 0.3) is 0 Å². The monoisotopic (exact) mass is 251 g/mol. The van der Waals surface area contributed by atoms with Crippen molar-refractivity contribution in [3.05, 3.63) is 17.7 Å². The van der Waals surface area contributed by atoms with Gasteiger partial charge in [0.05, 0.1) is 21.3 Å². The van der Waals surface area contributed by atoms with Crippen molar-refractivity contribution in [2.45, 2.75) is 25.3 Å². The first-order valence-corrected chi connectivity index (χ1v) is 6.30. The lowest BCUT2D eigenvalue weighted by Gasteiger charge is -2.14. The van der Waals surface area contributed by atoms with Crippen molar-refractivity contribution in [2.24, 2.45) is 0 Å². The van der Waals surface area contributed by atoms with Crippen LogP contribution >= 0.6 is 0 Å². The first-order valence-electron chi connectivity index (χ1n) is 6.30. The summed E-state index contributed by atoms with van der Waals surface area (Å²) in [7, 11) is 4.90. The maximum Gasteiger partial charge on any atom is 0.203 e. The van der Waals surface area contributed by atoms with Gasteiger partial charge in [0.25, 0.3) is 0 Å². The predicted octanol–water partition coefficient (Wildman–Crippen LogP) is 2.01. The Morgan fingerprint density at radius 2 is 1.67 bits per heavy atom. The van der Waals surface area contributed by atoms with Crippen molar-refractivity contribution >= 4 is 0 Å². The fourth-order valence-corrected chi connectivity index (χ4v) is 1.99. The van der Waals surface area contributed by atoms with E-state index in [1.54, 1.807) is 21.3 Å². The number of rotatable bonds is 7. The highest BCUT2D eigenvalue weighted by atomic mass is 16.5. The topological polar surface area (TPSA) is 39.7 Å². The normalized spacial score (nSPS) is 14.4. The minimum atomic E-state index is 0.652. The molecule has 1 saturated carbocycles. The van der Waals surface area contributed by atoms with E-state index in [4.69, 9.17) is 14.2 Å². The standard InChI is InChI=1S/C14H21NO3/c1-16-12-8-10(6-7-15-11-4-5-11)9-13(17-2)14(12)18-3/h8-9,11,15H,4-7H2,1-3H3. The van der Waals surface area contributed by atoms with E-state index < -0.39 is 0 Å². The molecule has 1 N–H and O–H groups in total. The molecule has 0 amide bonds. The zero-order valence-corrected chi connectivity index (χ0v) is 11.3. The lowest BCUT2D eigenvalue weighted by atomic mass is 10.1. The van der Waals surface area contributed by atoms with Crippen LogP contribution in [-0.4, -0.2) is 33.9 Å². The second-order valence-electron chi connectivity index (χ2n) is 4.51. The van der Waals surface area contributed by atoms with E-state index in [9.17, 15) is 0 Å². The molecule has 0 atom stereocenters. The van der Waals surface area contributed by atoms with Gasteiger partial charge in [0.2, 0.25) is 5.75 Å². The van der Waals surface area contributed by atoms with E-state index in [0.717, 1.165) is 30.5 Å². The molecule has 4 nitrogen and oxygen atoms in total. The lowest BCUT2D eigenvalue weighted by Crippen LogP contribution is -2.19. The van der Waals surface area contributed by atoms with Gasteiger partial charge in [0.15, 0.2) is 11.5 Å². The van der Waals surface area contributed by atoms with Gasteiger partial charge in [-0.05, 0) is 43.5 Å². The molecule has 100 valence electrons. The van der Waals surface area contributed by atoms with Crippen molar-refractivity contribution in [3.63, 3.8) is 0 Å². The summed E-state index contributed by atoms with van der Waals surface area (Å²) in [5.74, 6) is 2.09. The van der Waals surface area contributed by atoms with Gasteiger partial charge >= 0.3 is 0 Å². The number of hydrogen-bond donors (Lipinski definition) is 1. The number of ether oxygens (including phenoxy) is 3. The molecule has 0 spiro atoms. The lowest BCUT2D eigenvalue weighted by molar-refractivity contribution is 0.323. The van der Waals surface area contributed by atoms with Crippen molar-refractivity contribution < 1.29 is 14.2 Å². The molecule has 2 rings (SSSR count). The highest BCUT2D eigenvalue weighted by Crippen LogP contribution is 2.38. The van der Waals surface area contributed by atoms with Gasteiger partial charge in [-0.2, -0.15) is 0 Å². The average molecular weight is 251 g/mol. The van der Waals surface area contributed by atoms with Crippen LogP contribution in [0.15, 0.2) is 12.1 Å². The molecule has 1 aliphatic carbocycles. The van der Waals surface area contributed by atoms with Crippen LogP contribution in [-0.2, 0) is 6.42 Å². The minimum absolute atomic E-state index is 0.652. The van der Waals surface area contributed by atoms with E-state index >= 15 is 0 Å². The smallest absolute Gasteiger partial charge is 0.203 e. The first kappa shape index (κ1) is 13.0. The van der Waals surface area contributed by atoms with Crippen LogP contribution in [0.3, 0.4) is 0 Å². The predicted molar refractivity (Wildman–Crippen MR) is 70.8 cm³/mol. The van der Waals surface area contributed by atoms with Gasteiger partial charge in [0.1, 0.15) is 0 Å². The average Bonchev–Trinajstić information content (AvgIpc) is 3.21. The number of methoxy groups -OCH3 is 3. The molecular weight excluding hydrogens is 230 g/mol. The molecule has 0 aliphatic heterocycles. The molecule has 1 aromatic rings. The molecule has 0 unspecified atom stereocenters. The third-order valence-corrected chi connectivity index (χ3v) is 3.15. The van der Waals surface area contributed by atoms with E-state index in [1.165, 1.54) is 18.4 Å². The summed E-state index contributed by atoms with van der Waals surface area (Å²) < 4.78 is 16.0.